The number of halogens is 1. The number of methoxy groups -OCH3 is 2. The number of nitrogens with two attached hydrogens (primary N) is 1. The molecule has 1 amide bonds. The summed E-state index contributed by atoms with van der Waals surface area (Å²) in [6.07, 6.45) is 3.94. The molecule has 0 bridgehead atoms. The molecule has 0 aliphatic rings. The van der Waals surface area contributed by atoms with Gasteiger partial charge in [0.1, 0.15) is 11.5 Å². The van der Waals surface area contributed by atoms with Crippen LogP contribution in [0.15, 0.2) is 66.7 Å². The minimum atomic E-state index is 0.136. The maximum Gasteiger partial charge on any atom is 0.222 e. The van der Waals surface area contributed by atoms with Crippen molar-refractivity contribution in [3.63, 3.8) is 0 Å². The van der Waals surface area contributed by atoms with E-state index in [0.29, 0.717) is 60.5 Å². The van der Waals surface area contributed by atoms with Gasteiger partial charge in [0.25, 0.3) is 0 Å². The second-order valence-electron chi connectivity index (χ2n) is 8.56. The number of rotatable bonds is 14. The number of benzene rings is 3. The zero-order valence-electron chi connectivity index (χ0n) is 21.0. The van der Waals surface area contributed by atoms with Crippen molar-refractivity contribution in [2.24, 2.45) is 5.73 Å². The molecule has 36 heavy (non-hydrogen) atoms. The van der Waals surface area contributed by atoms with Gasteiger partial charge in [0.05, 0.1) is 14.2 Å². The van der Waals surface area contributed by atoms with Crippen LogP contribution in [-0.4, -0.2) is 38.1 Å². The van der Waals surface area contributed by atoms with Gasteiger partial charge in [-0.25, -0.2) is 0 Å². The van der Waals surface area contributed by atoms with Gasteiger partial charge >= 0.3 is 0 Å². The number of unbranched alkanes of at least 4 members (excludes halogenated alkanes) is 2. The minimum Gasteiger partial charge on any atom is -0.493 e. The van der Waals surface area contributed by atoms with Crippen LogP contribution in [0.3, 0.4) is 0 Å². The molecule has 0 aromatic heterocycles. The Labute approximate surface area is 218 Å². The number of carbonyl (C=O) groups excluding carboxylic acids is 1. The van der Waals surface area contributed by atoms with E-state index in [2.05, 4.69) is 0 Å². The number of nitrogens with zero attached hydrogens (tertiary/aromatic N) is 1. The van der Waals surface area contributed by atoms with Gasteiger partial charge in [-0.05, 0) is 85.5 Å². The largest absolute Gasteiger partial charge is 0.493 e. The van der Waals surface area contributed by atoms with Gasteiger partial charge in [0.15, 0.2) is 11.5 Å². The Morgan fingerprint density at radius 1 is 0.861 bits per heavy atom. The summed E-state index contributed by atoms with van der Waals surface area (Å²) in [5.41, 5.74) is 7.69. The molecule has 3 aromatic rings. The fourth-order valence-corrected chi connectivity index (χ4v) is 4.04. The fourth-order valence-electron chi connectivity index (χ4n) is 3.91. The summed E-state index contributed by atoms with van der Waals surface area (Å²) in [5.74, 6) is 2.92. The van der Waals surface area contributed by atoms with Crippen molar-refractivity contribution in [2.45, 2.75) is 38.6 Å². The summed E-state index contributed by atoms with van der Waals surface area (Å²) in [6.45, 7) is 1.74. The van der Waals surface area contributed by atoms with Gasteiger partial charge in [-0.2, -0.15) is 0 Å². The third kappa shape index (κ3) is 8.47. The average molecular weight is 511 g/mol. The average Bonchev–Trinajstić information content (AvgIpc) is 2.90. The standard InChI is InChI=1S/C29H35ClN2O4/c1-34-27-15-10-22(20-28(27)35-2)16-18-32(29(33)9-4-3-5-17-31)21-23-7-6-8-26(19-23)36-25-13-11-24(30)12-14-25/h6-8,10-15,19-20H,3-5,9,16-18,21,31H2,1-2H3. The molecule has 7 heteroatoms. The molecule has 0 spiro atoms. The predicted molar refractivity (Wildman–Crippen MR) is 144 cm³/mol. The minimum absolute atomic E-state index is 0.136. The fraction of sp³-hybridized carbons (Fsp3) is 0.345. The summed E-state index contributed by atoms with van der Waals surface area (Å²) >= 11 is 5.97. The van der Waals surface area contributed by atoms with Crippen LogP contribution in [0.2, 0.25) is 5.02 Å². The molecular formula is C29H35ClN2O4. The van der Waals surface area contributed by atoms with Crippen LogP contribution in [0.1, 0.15) is 36.8 Å². The summed E-state index contributed by atoms with van der Waals surface area (Å²) in [5, 5.41) is 0.659. The number of amides is 1. The highest BCUT2D eigenvalue weighted by Crippen LogP contribution is 2.28. The van der Waals surface area contributed by atoms with E-state index >= 15 is 0 Å². The van der Waals surface area contributed by atoms with Gasteiger partial charge in [0, 0.05) is 24.5 Å². The van der Waals surface area contributed by atoms with Crippen molar-refractivity contribution in [1.29, 1.82) is 0 Å². The smallest absolute Gasteiger partial charge is 0.222 e. The lowest BCUT2D eigenvalue weighted by Crippen LogP contribution is -2.32. The Kier molecular flexibility index (Phi) is 10.9. The van der Waals surface area contributed by atoms with Crippen LogP contribution in [0.25, 0.3) is 0 Å². The lowest BCUT2D eigenvalue weighted by Gasteiger charge is -2.24. The van der Waals surface area contributed by atoms with Crippen LogP contribution < -0.4 is 19.9 Å². The van der Waals surface area contributed by atoms with Gasteiger partial charge in [-0.1, -0.05) is 36.2 Å². The first kappa shape index (κ1) is 27.4. The molecule has 2 N–H and O–H groups in total. The molecule has 192 valence electrons. The summed E-state index contributed by atoms with van der Waals surface area (Å²) in [7, 11) is 3.24. The molecule has 0 aliphatic carbocycles. The van der Waals surface area contributed by atoms with Crippen molar-refractivity contribution in [1.82, 2.24) is 4.90 Å². The number of carbonyl (C=O) groups is 1. The summed E-state index contributed by atoms with van der Waals surface area (Å²) < 4.78 is 16.8. The van der Waals surface area contributed by atoms with E-state index in [1.165, 1.54) is 0 Å². The number of ether oxygens (including phenoxy) is 3. The maximum absolute atomic E-state index is 13.2. The molecule has 0 saturated carbocycles. The van der Waals surface area contributed by atoms with E-state index in [1.54, 1.807) is 26.4 Å². The third-order valence-electron chi connectivity index (χ3n) is 5.89. The first-order chi connectivity index (χ1) is 17.5. The number of hydrogen-bond donors (Lipinski definition) is 1. The van der Waals surface area contributed by atoms with E-state index in [9.17, 15) is 4.79 Å². The Morgan fingerprint density at radius 2 is 1.64 bits per heavy atom. The SMILES string of the molecule is COc1ccc(CCN(Cc2cccc(Oc3ccc(Cl)cc3)c2)C(=O)CCCCCN)cc1OC. The molecule has 0 fully saturated rings. The predicted octanol–water partition coefficient (Wildman–Crippen LogP) is 6.24. The molecule has 0 radical (unpaired) electrons. The van der Waals surface area contributed by atoms with Crippen LogP contribution in [0, 0.1) is 0 Å². The van der Waals surface area contributed by atoms with Crippen molar-refractivity contribution in [3.05, 3.63) is 82.9 Å². The lowest BCUT2D eigenvalue weighted by molar-refractivity contribution is -0.131. The molecule has 0 saturated heterocycles. The number of hydrogen-bond acceptors (Lipinski definition) is 5. The van der Waals surface area contributed by atoms with Crippen LogP contribution in [0.4, 0.5) is 0 Å². The van der Waals surface area contributed by atoms with Gasteiger partial charge in [-0.3, -0.25) is 4.79 Å². The van der Waals surface area contributed by atoms with Gasteiger partial charge in [0.2, 0.25) is 5.91 Å². The first-order valence-corrected chi connectivity index (χ1v) is 12.6. The van der Waals surface area contributed by atoms with Gasteiger partial charge in [-0.15, -0.1) is 0 Å². The Hall–Kier alpha value is -3.22. The quantitative estimate of drug-likeness (QED) is 0.260. The van der Waals surface area contributed by atoms with Crippen molar-refractivity contribution in [3.8, 4) is 23.0 Å². The highest BCUT2D eigenvalue weighted by atomic mass is 35.5. The third-order valence-corrected chi connectivity index (χ3v) is 6.14. The highest BCUT2D eigenvalue weighted by molar-refractivity contribution is 6.30. The monoisotopic (exact) mass is 510 g/mol. The Morgan fingerprint density at radius 3 is 2.36 bits per heavy atom. The molecule has 0 aliphatic heterocycles. The molecular weight excluding hydrogens is 476 g/mol. The van der Waals surface area contributed by atoms with E-state index < -0.39 is 0 Å². The molecule has 3 aromatic carbocycles. The van der Waals surface area contributed by atoms with E-state index in [4.69, 9.17) is 31.5 Å². The molecule has 3 rings (SSSR count). The van der Waals surface area contributed by atoms with Crippen LogP contribution >= 0.6 is 11.6 Å². The molecule has 6 nitrogen and oxygen atoms in total. The van der Waals surface area contributed by atoms with Crippen LogP contribution in [0.5, 0.6) is 23.0 Å². The van der Waals surface area contributed by atoms with Crippen molar-refractivity contribution in [2.75, 3.05) is 27.3 Å². The zero-order valence-corrected chi connectivity index (χ0v) is 21.8. The first-order valence-electron chi connectivity index (χ1n) is 12.2. The Balaban J connectivity index is 1.71. The molecule has 0 unspecified atom stereocenters. The van der Waals surface area contributed by atoms with Crippen molar-refractivity contribution < 1.29 is 19.0 Å². The summed E-state index contributed by atoms with van der Waals surface area (Å²) in [6, 6.07) is 20.9. The maximum atomic E-state index is 13.2. The summed E-state index contributed by atoms with van der Waals surface area (Å²) in [4.78, 5) is 15.1. The Bertz CT molecular complexity index is 1100. The van der Waals surface area contributed by atoms with Crippen molar-refractivity contribution >= 4 is 17.5 Å². The van der Waals surface area contributed by atoms with E-state index in [-0.39, 0.29) is 5.91 Å². The second kappa shape index (κ2) is 14.4. The van der Waals surface area contributed by atoms with E-state index in [1.807, 2.05) is 59.5 Å². The molecule has 0 atom stereocenters. The normalized spacial score (nSPS) is 10.7. The van der Waals surface area contributed by atoms with E-state index in [0.717, 1.165) is 30.4 Å². The second-order valence-corrected chi connectivity index (χ2v) is 8.99. The highest BCUT2D eigenvalue weighted by Gasteiger charge is 2.15. The van der Waals surface area contributed by atoms with Crippen LogP contribution in [-0.2, 0) is 17.8 Å². The lowest BCUT2D eigenvalue weighted by atomic mass is 10.1. The topological polar surface area (TPSA) is 74.0 Å². The molecule has 0 heterocycles. The van der Waals surface area contributed by atoms with Gasteiger partial charge < -0.3 is 24.8 Å². The zero-order chi connectivity index (χ0) is 25.8.